The number of nitrogens with one attached hydrogen (secondary N) is 1. The summed E-state index contributed by atoms with van der Waals surface area (Å²) in [5.41, 5.74) is 3.63. The molecule has 122 valence electrons. The van der Waals surface area contributed by atoms with E-state index in [1.165, 1.54) is 17.3 Å². The average Bonchev–Trinajstić information content (AvgIpc) is 2.86. The fraction of sp³-hybridized carbons (Fsp3) is 0.111. The zero-order valence-electron chi connectivity index (χ0n) is 13.1. The van der Waals surface area contributed by atoms with Crippen LogP contribution in [0.15, 0.2) is 50.8 Å². The fourth-order valence-electron chi connectivity index (χ4n) is 2.30. The number of hydrogen-bond acceptors (Lipinski definition) is 4. The van der Waals surface area contributed by atoms with Gasteiger partial charge in [0.05, 0.1) is 10.6 Å². The van der Waals surface area contributed by atoms with Gasteiger partial charge in [0.15, 0.2) is 5.17 Å². The number of aliphatic imine (C=N–C) groups is 1. The Morgan fingerprint density at radius 1 is 1.21 bits per heavy atom. The number of nitrogens with zero attached hydrogens (tertiary/aromatic N) is 1. The highest BCUT2D eigenvalue weighted by atomic mass is 79.9. The van der Waals surface area contributed by atoms with E-state index in [0.29, 0.717) is 15.6 Å². The summed E-state index contributed by atoms with van der Waals surface area (Å²) in [4.78, 5) is 17.1. The molecule has 2 aromatic rings. The minimum atomic E-state index is -0.220. The summed E-state index contributed by atoms with van der Waals surface area (Å²) >= 11 is 4.62. The number of phenols is 1. The van der Waals surface area contributed by atoms with Crippen LogP contribution in [0.5, 0.6) is 5.75 Å². The first kappa shape index (κ1) is 16.8. The third-order valence-electron chi connectivity index (χ3n) is 3.50. The molecule has 0 radical (unpaired) electrons. The van der Waals surface area contributed by atoms with Gasteiger partial charge in [0.25, 0.3) is 5.91 Å². The van der Waals surface area contributed by atoms with Crippen LogP contribution < -0.4 is 5.32 Å². The predicted octanol–water partition coefficient (Wildman–Crippen LogP) is 4.66. The van der Waals surface area contributed by atoms with E-state index in [-0.39, 0.29) is 11.7 Å². The molecule has 6 heteroatoms. The van der Waals surface area contributed by atoms with Crippen molar-refractivity contribution in [3.63, 3.8) is 0 Å². The van der Waals surface area contributed by atoms with Crippen molar-refractivity contribution in [2.45, 2.75) is 13.8 Å². The molecule has 1 saturated heterocycles. The molecule has 2 N–H and O–H groups in total. The Balaban J connectivity index is 1.89. The quantitative estimate of drug-likeness (QED) is 0.717. The van der Waals surface area contributed by atoms with Crippen molar-refractivity contribution in [2.75, 3.05) is 0 Å². The van der Waals surface area contributed by atoms with Gasteiger partial charge in [-0.2, -0.15) is 0 Å². The highest BCUT2D eigenvalue weighted by Gasteiger charge is 2.24. The normalized spacial score (nSPS) is 17.5. The maximum Gasteiger partial charge on any atom is 0.264 e. The van der Waals surface area contributed by atoms with Gasteiger partial charge < -0.3 is 10.4 Å². The molecule has 1 aliphatic rings. The lowest BCUT2D eigenvalue weighted by Gasteiger charge is -2.02. The standard InChI is InChI=1S/C18H15BrN2O2S/c1-10-3-5-14(11(2)7-10)20-18-21-17(23)16(24-18)9-12-8-13(19)4-6-15(12)22/h3-9,22H,1-2H3,(H,20,21,23)/b16-9-. The Kier molecular flexibility index (Phi) is 4.78. The lowest BCUT2D eigenvalue weighted by Crippen LogP contribution is -2.19. The molecule has 0 bridgehead atoms. The summed E-state index contributed by atoms with van der Waals surface area (Å²) in [6.07, 6.45) is 1.66. The first-order valence-corrected chi connectivity index (χ1v) is 8.89. The molecular weight excluding hydrogens is 388 g/mol. The van der Waals surface area contributed by atoms with E-state index in [1.54, 1.807) is 24.3 Å². The van der Waals surface area contributed by atoms with Crippen LogP contribution >= 0.6 is 27.7 Å². The largest absolute Gasteiger partial charge is 0.507 e. The molecule has 0 atom stereocenters. The Bertz CT molecular complexity index is 891. The first-order valence-electron chi connectivity index (χ1n) is 7.28. The van der Waals surface area contributed by atoms with Gasteiger partial charge in [-0.15, -0.1) is 0 Å². The molecule has 4 nitrogen and oxygen atoms in total. The van der Waals surface area contributed by atoms with Gasteiger partial charge in [-0.3, -0.25) is 4.79 Å². The molecule has 3 rings (SSSR count). The number of amides is 1. The van der Waals surface area contributed by atoms with Crippen molar-refractivity contribution >= 4 is 50.5 Å². The third-order valence-corrected chi connectivity index (χ3v) is 4.90. The van der Waals surface area contributed by atoms with Gasteiger partial charge in [-0.25, -0.2) is 4.99 Å². The molecule has 2 aromatic carbocycles. The molecule has 24 heavy (non-hydrogen) atoms. The third kappa shape index (κ3) is 3.71. The number of aromatic hydroxyl groups is 1. The molecular formula is C18H15BrN2O2S. The van der Waals surface area contributed by atoms with E-state index in [4.69, 9.17) is 0 Å². The second-order valence-corrected chi connectivity index (χ2v) is 7.42. The van der Waals surface area contributed by atoms with Crippen molar-refractivity contribution in [2.24, 2.45) is 4.99 Å². The van der Waals surface area contributed by atoms with Crippen molar-refractivity contribution < 1.29 is 9.90 Å². The molecule has 0 aliphatic carbocycles. The number of phenolic OH excluding ortho intramolecular Hbond substituents is 1. The van der Waals surface area contributed by atoms with Crippen LogP contribution in [0.4, 0.5) is 5.69 Å². The Hall–Kier alpha value is -2.05. The van der Waals surface area contributed by atoms with E-state index in [2.05, 4.69) is 32.3 Å². The van der Waals surface area contributed by atoms with Gasteiger partial charge >= 0.3 is 0 Å². The SMILES string of the molecule is Cc1ccc(N=C2NC(=O)/C(=C/c3cc(Br)ccc3O)S2)c(C)c1. The van der Waals surface area contributed by atoms with E-state index in [0.717, 1.165) is 15.7 Å². The van der Waals surface area contributed by atoms with Crippen LogP contribution in [0.25, 0.3) is 6.08 Å². The zero-order valence-corrected chi connectivity index (χ0v) is 15.5. The van der Waals surface area contributed by atoms with Crippen LogP contribution in [0.2, 0.25) is 0 Å². The number of aryl methyl sites for hydroxylation is 2. The topological polar surface area (TPSA) is 61.7 Å². The lowest BCUT2D eigenvalue weighted by molar-refractivity contribution is -0.115. The first-order chi connectivity index (χ1) is 11.4. The Morgan fingerprint density at radius 2 is 2.00 bits per heavy atom. The summed E-state index contributed by atoms with van der Waals surface area (Å²) < 4.78 is 0.833. The number of carbonyl (C=O) groups excluding carboxylic acids is 1. The second kappa shape index (κ2) is 6.83. The van der Waals surface area contributed by atoms with Crippen LogP contribution in [-0.4, -0.2) is 16.2 Å². The molecule has 0 spiro atoms. The van der Waals surface area contributed by atoms with Crippen molar-refractivity contribution in [3.05, 3.63) is 62.5 Å². The van der Waals surface area contributed by atoms with E-state index in [1.807, 2.05) is 26.0 Å². The number of benzene rings is 2. The highest BCUT2D eigenvalue weighted by molar-refractivity contribution is 9.10. The van der Waals surface area contributed by atoms with Crippen molar-refractivity contribution in [1.29, 1.82) is 0 Å². The number of hydrogen-bond donors (Lipinski definition) is 2. The van der Waals surface area contributed by atoms with E-state index < -0.39 is 0 Å². The summed E-state index contributed by atoms with van der Waals surface area (Å²) in [5, 5.41) is 13.2. The molecule has 0 saturated carbocycles. The smallest absolute Gasteiger partial charge is 0.264 e. The Morgan fingerprint density at radius 3 is 2.75 bits per heavy atom. The van der Waals surface area contributed by atoms with Crippen molar-refractivity contribution in [1.82, 2.24) is 5.32 Å². The number of thioether (sulfide) groups is 1. The molecule has 1 fully saturated rings. The van der Waals surface area contributed by atoms with Crippen LogP contribution in [0.1, 0.15) is 16.7 Å². The Labute approximate surface area is 152 Å². The minimum Gasteiger partial charge on any atom is -0.507 e. The molecule has 1 heterocycles. The molecule has 0 unspecified atom stereocenters. The van der Waals surface area contributed by atoms with E-state index in [9.17, 15) is 9.90 Å². The van der Waals surface area contributed by atoms with Gasteiger partial charge in [0, 0.05) is 10.0 Å². The van der Waals surface area contributed by atoms with Crippen LogP contribution in [-0.2, 0) is 4.79 Å². The average molecular weight is 403 g/mol. The van der Waals surface area contributed by atoms with Gasteiger partial charge in [0.1, 0.15) is 5.75 Å². The number of halogens is 1. The zero-order chi connectivity index (χ0) is 17.3. The highest BCUT2D eigenvalue weighted by Crippen LogP contribution is 2.32. The number of rotatable bonds is 2. The molecule has 1 aliphatic heterocycles. The fourth-order valence-corrected chi connectivity index (χ4v) is 3.51. The summed E-state index contributed by atoms with van der Waals surface area (Å²) in [6, 6.07) is 11.1. The van der Waals surface area contributed by atoms with Gasteiger partial charge in [-0.1, -0.05) is 33.6 Å². The number of amidine groups is 1. The van der Waals surface area contributed by atoms with Gasteiger partial charge in [-0.05, 0) is 61.5 Å². The van der Waals surface area contributed by atoms with Crippen LogP contribution in [0.3, 0.4) is 0 Å². The predicted molar refractivity (Wildman–Crippen MR) is 103 cm³/mol. The second-order valence-electron chi connectivity index (χ2n) is 5.47. The maximum atomic E-state index is 12.1. The van der Waals surface area contributed by atoms with Crippen molar-refractivity contribution in [3.8, 4) is 5.75 Å². The summed E-state index contributed by atoms with van der Waals surface area (Å²) in [6.45, 7) is 4.02. The maximum absolute atomic E-state index is 12.1. The van der Waals surface area contributed by atoms with Gasteiger partial charge in [0.2, 0.25) is 0 Å². The molecule has 0 aromatic heterocycles. The number of carbonyl (C=O) groups is 1. The minimum absolute atomic E-state index is 0.124. The molecule has 1 amide bonds. The monoisotopic (exact) mass is 402 g/mol. The lowest BCUT2D eigenvalue weighted by atomic mass is 10.1. The summed E-state index contributed by atoms with van der Waals surface area (Å²) in [7, 11) is 0. The van der Waals surface area contributed by atoms with E-state index >= 15 is 0 Å². The summed E-state index contributed by atoms with van der Waals surface area (Å²) in [5.74, 6) is -0.0956. The van der Waals surface area contributed by atoms with Crippen LogP contribution in [0, 0.1) is 13.8 Å².